The molecule has 0 saturated heterocycles. The smallest absolute Gasteiger partial charge is 0.414 e. The van der Waals surface area contributed by atoms with Gasteiger partial charge in [-0.15, -0.1) is 0 Å². The molecular weight excluding hydrogens is 524 g/mol. The van der Waals surface area contributed by atoms with Crippen LogP contribution in [0.25, 0.3) is 11.3 Å². The largest absolute Gasteiger partial charge is 0.474 e. The summed E-state index contributed by atoms with van der Waals surface area (Å²) in [4.78, 5) is 27.8. The van der Waals surface area contributed by atoms with Gasteiger partial charge in [0.05, 0.1) is 36.3 Å². The van der Waals surface area contributed by atoms with Gasteiger partial charge in [-0.1, -0.05) is 6.92 Å². The minimum Gasteiger partial charge on any atom is -0.474 e. The first-order valence-corrected chi connectivity index (χ1v) is 13.4. The van der Waals surface area contributed by atoms with E-state index < -0.39 is 17.1 Å². The number of ether oxygens (including phenoxy) is 3. The second-order valence-corrected chi connectivity index (χ2v) is 11.3. The van der Waals surface area contributed by atoms with E-state index in [0.29, 0.717) is 53.2 Å². The van der Waals surface area contributed by atoms with Gasteiger partial charge in [0.15, 0.2) is 0 Å². The van der Waals surface area contributed by atoms with E-state index >= 15 is 0 Å². The summed E-state index contributed by atoms with van der Waals surface area (Å²) in [5.74, 6) is 0.692. The van der Waals surface area contributed by atoms with Gasteiger partial charge in [0.25, 0.3) is 0 Å². The fourth-order valence-corrected chi connectivity index (χ4v) is 4.46. The van der Waals surface area contributed by atoms with Crippen molar-refractivity contribution in [3.05, 3.63) is 53.9 Å². The van der Waals surface area contributed by atoms with E-state index in [9.17, 15) is 15.2 Å². The maximum Gasteiger partial charge on any atom is 0.414 e. The Morgan fingerprint density at radius 2 is 2.00 bits per heavy atom. The van der Waals surface area contributed by atoms with Crippen molar-refractivity contribution >= 4 is 23.4 Å². The van der Waals surface area contributed by atoms with Crippen molar-refractivity contribution in [1.82, 2.24) is 15.0 Å². The number of nitriles is 1. The number of carbonyl (C=O) groups excluding carboxylic acids is 1. The molecule has 0 spiro atoms. The van der Waals surface area contributed by atoms with Gasteiger partial charge < -0.3 is 24.6 Å². The summed E-state index contributed by atoms with van der Waals surface area (Å²) in [6.45, 7) is 11.8. The number of pyridine rings is 1. The van der Waals surface area contributed by atoms with Gasteiger partial charge in [-0.05, 0) is 70.5 Å². The van der Waals surface area contributed by atoms with Crippen LogP contribution in [0, 0.1) is 11.3 Å². The molecule has 3 aromatic rings. The molecule has 2 aromatic heterocycles. The predicted molar refractivity (Wildman–Crippen MR) is 154 cm³/mol. The molecule has 0 saturated carbocycles. The Bertz CT molecular complexity index is 1450. The average Bonchev–Trinajstić information content (AvgIpc) is 3.24. The Labute approximate surface area is 240 Å². The predicted octanol–water partition coefficient (Wildman–Crippen LogP) is 4.96. The SMILES string of the molecule is CC(C)OCCOc1ncccc1Nc1nccc(-c2cc(C#N)c3c(c2)[C@@](C)(CO)CN3C(=O)OC(C)(C)C)n1. The number of amides is 1. The zero-order valence-corrected chi connectivity index (χ0v) is 24.3. The van der Waals surface area contributed by atoms with E-state index in [0.717, 1.165) is 0 Å². The van der Waals surface area contributed by atoms with Crippen LogP contribution in [-0.4, -0.2) is 64.2 Å². The number of hydrogen-bond donors (Lipinski definition) is 2. The number of rotatable bonds is 9. The Kier molecular flexibility index (Phi) is 8.75. The summed E-state index contributed by atoms with van der Waals surface area (Å²) in [5, 5.41) is 23.6. The number of nitrogens with one attached hydrogen (secondary N) is 1. The van der Waals surface area contributed by atoms with E-state index in [1.165, 1.54) is 4.90 Å². The fourth-order valence-electron chi connectivity index (χ4n) is 4.46. The highest BCUT2D eigenvalue weighted by Gasteiger charge is 2.44. The molecule has 216 valence electrons. The molecule has 41 heavy (non-hydrogen) atoms. The summed E-state index contributed by atoms with van der Waals surface area (Å²) in [5.41, 5.74) is 1.64. The van der Waals surface area contributed by atoms with Crippen molar-refractivity contribution in [1.29, 1.82) is 5.26 Å². The quantitative estimate of drug-likeness (QED) is 0.345. The highest BCUT2D eigenvalue weighted by molar-refractivity contribution is 5.95. The summed E-state index contributed by atoms with van der Waals surface area (Å²) >= 11 is 0. The number of fused-ring (bicyclic) bond motifs is 1. The van der Waals surface area contributed by atoms with Gasteiger partial charge in [0, 0.05) is 29.9 Å². The maximum absolute atomic E-state index is 13.1. The topological polar surface area (TPSA) is 143 Å². The summed E-state index contributed by atoms with van der Waals surface area (Å²) in [6, 6.07) is 11.1. The van der Waals surface area contributed by atoms with Crippen molar-refractivity contribution in [2.24, 2.45) is 0 Å². The minimum atomic E-state index is -0.802. The van der Waals surface area contributed by atoms with E-state index in [2.05, 4.69) is 26.3 Å². The van der Waals surface area contributed by atoms with E-state index in [1.807, 2.05) is 32.9 Å². The summed E-state index contributed by atoms with van der Waals surface area (Å²) in [6.07, 6.45) is 2.77. The highest BCUT2D eigenvalue weighted by atomic mass is 16.6. The molecule has 0 fully saturated rings. The molecule has 1 aliphatic rings. The first-order valence-electron chi connectivity index (χ1n) is 13.4. The molecule has 1 atom stereocenters. The van der Waals surface area contributed by atoms with Crippen LogP contribution >= 0.6 is 0 Å². The Morgan fingerprint density at radius 1 is 1.22 bits per heavy atom. The zero-order chi connectivity index (χ0) is 29.8. The number of anilines is 3. The third kappa shape index (κ3) is 6.90. The summed E-state index contributed by atoms with van der Waals surface area (Å²) < 4.78 is 16.9. The van der Waals surface area contributed by atoms with Crippen LogP contribution in [0.5, 0.6) is 5.88 Å². The van der Waals surface area contributed by atoms with Crippen LogP contribution < -0.4 is 15.0 Å². The average molecular weight is 561 g/mol. The first kappa shape index (κ1) is 29.7. The van der Waals surface area contributed by atoms with Crippen molar-refractivity contribution in [3.63, 3.8) is 0 Å². The lowest BCUT2D eigenvalue weighted by Gasteiger charge is -2.26. The number of aliphatic hydroxyl groups excluding tert-OH is 1. The van der Waals surface area contributed by atoms with Gasteiger partial charge in [0.1, 0.15) is 24.0 Å². The molecule has 1 amide bonds. The number of aliphatic hydroxyl groups is 1. The lowest BCUT2D eigenvalue weighted by atomic mass is 9.83. The molecule has 0 unspecified atom stereocenters. The van der Waals surface area contributed by atoms with E-state index in [1.54, 1.807) is 51.4 Å². The van der Waals surface area contributed by atoms with E-state index in [-0.39, 0.29) is 24.8 Å². The van der Waals surface area contributed by atoms with Crippen LogP contribution in [0.3, 0.4) is 0 Å². The number of carbonyl (C=O) groups is 1. The van der Waals surface area contributed by atoms with Crippen LogP contribution in [-0.2, 0) is 14.9 Å². The van der Waals surface area contributed by atoms with Gasteiger partial charge >= 0.3 is 6.09 Å². The Balaban J connectivity index is 1.65. The van der Waals surface area contributed by atoms with Crippen LogP contribution in [0.4, 0.5) is 22.1 Å². The number of nitrogens with zero attached hydrogens (tertiary/aromatic N) is 5. The Hall–Kier alpha value is -4.27. The van der Waals surface area contributed by atoms with Crippen LogP contribution in [0.15, 0.2) is 42.7 Å². The number of aromatic nitrogens is 3. The van der Waals surface area contributed by atoms with Crippen LogP contribution in [0.1, 0.15) is 52.7 Å². The van der Waals surface area contributed by atoms with E-state index in [4.69, 9.17) is 14.2 Å². The molecule has 4 rings (SSSR count). The highest BCUT2D eigenvalue weighted by Crippen LogP contribution is 2.45. The van der Waals surface area contributed by atoms with Gasteiger partial charge in [-0.25, -0.2) is 19.7 Å². The zero-order valence-electron chi connectivity index (χ0n) is 24.3. The molecule has 1 aromatic carbocycles. The fraction of sp³-hybridized carbons (Fsp3) is 0.433. The molecule has 3 heterocycles. The van der Waals surface area contributed by atoms with Crippen molar-refractivity contribution in [2.75, 3.05) is 36.6 Å². The Morgan fingerprint density at radius 3 is 2.68 bits per heavy atom. The lowest BCUT2D eigenvalue weighted by molar-refractivity contribution is 0.0544. The normalized spacial score (nSPS) is 16.3. The summed E-state index contributed by atoms with van der Waals surface area (Å²) in [7, 11) is 0. The monoisotopic (exact) mass is 560 g/mol. The molecule has 2 N–H and O–H groups in total. The number of hydrogen-bond acceptors (Lipinski definition) is 10. The first-order chi connectivity index (χ1) is 19.4. The molecule has 11 heteroatoms. The minimum absolute atomic E-state index is 0.104. The third-order valence-electron chi connectivity index (χ3n) is 6.36. The van der Waals surface area contributed by atoms with Crippen molar-refractivity contribution in [3.8, 4) is 23.2 Å². The van der Waals surface area contributed by atoms with Crippen molar-refractivity contribution in [2.45, 2.75) is 58.7 Å². The second-order valence-electron chi connectivity index (χ2n) is 11.3. The third-order valence-corrected chi connectivity index (χ3v) is 6.36. The van der Waals surface area contributed by atoms with Gasteiger partial charge in [0.2, 0.25) is 11.8 Å². The molecule has 11 nitrogen and oxygen atoms in total. The number of benzene rings is 1. The van der Waals surface area contributed by atoms with Crippen molar-refractivity contribution < 1.29 is 24.1 Å². The maximum atomic E-state index is 13.1. The standard InChI is InChI=1S/C30H36N6O5/c1-19(2)39-12-13-40-26-24(8-7-10-32-26)35-27-33-11-9-23(34-27)20-14-21(16-31)25-22(15-20)30(6,18-37)17-36(25)28(38)41-29(3,4)5/h7-11,14-15,19,37H,12-13,17-18H2,1-6H3,(H,33,34,35)/t30-/m1/s1. The molecule has 0 bridgehead atoms. The van der Waals surface area contributed by atoms with Gasteiger partial charge in [-0.3, -0.25) is 4.90 Å². The van der Waals surface area contributed by atoms with Gasteiger partial charge in [-0.2, -0.15) is 5.26 Å². The molecule has 0 aliphatic carbocycles. The lowest BCUT2D eigenvalue weighted by Crippen LogP contribution is -2.40. The molecule has 1 aliphatic heterocycles. The second kappa shape index (κ2) is 12.1. The van der Waals surface area contributed by atoms with Crippen LogP contribution in [0.2, 0.25) is 0 Å². The molecule has 0 radical (unpaired) electrons. The molecular formula is C30H36N6O5.